The minimum atomic E-state index is -3.41. The van der Waals surface area contributed by atoms with Gasteiger partial charge in [0.15, 0.2) is 15.0 Å². The van der Waals surface area contributed by atoms with E-state index >= 15 is 0 Å². The third-order valence-corrected chi connectivity index (χ3v) is 7.82. The highest BCUT2D eigenvalue weighted by atomic mass is 32.2. The monoisotopic (exact) mass is 426 g/mol. The highest BCUT2D eigenvalue weighted by Crippen LogP contribution is 2.32. The predicted octanol–water partition coefficient (Wildman–Crippen LogP) is 4.49. The zero-order valence-electron chi connectivity index (χ0n) is 16.1. The summed E-state index contributed by atoms with van der Waals surface area (Å²) in [6.45, 7) is 2.24. The molecule has 1 heterocycles. The molecule has 1 N–H and O–H groups in total. The lowest BCUT2D eigenvalue weighted by molar-refractivity contribution is 0.102. The third-order valence-electron chi connectivity index (χ3n) is 5.08. The fraction of sp³-hybridized carbons (Fsp3) is 0.273. The fourth-order valence-electron chi connectivity index (χ4n) is 3.45. The van der Waals surface area contributed by atoms with E-state index in [1.165, 1.54) is 4.88 Å². The maximum atomic E-state index is 12.5. The van der Waals surface area contributed by atoms with Crippen molar-refractivity contribution in [2.24, 2.45) is 5.92 Å². The zero-order chi connectivity index (χ0) is 20.4. The van der Waals surface area contributed by atoms with Gasteiger partial charge in [-0.2, -0.15) is 0 Å². The number of aryl methyl sites for hydroxylation is 1. The summed E-state index contributed by atoms with van der Waals surface area (Å²) in [6, 6.07) is 15.0. The molecule has 0 radical (unpaired) electrons. The first-order valence-corrected chi connectivity index (χ1v) is 12.0. The maximum Gasteiger partial charge on any atom is 0.257 e. The van der Waals surface area contributed by atoms with Gasteiger partial charge in [-0.3, -0.25) is 10.1 Å². The first-order chi connectivity index (χ1) is 13.9. The minimum Gasteiger partial charge on any atom is -0.298 e. The molecule has 1 aromatic heterocycles. The fourth-order valence-corrected chi connectivity index (χ4v) is 5.98. The molecular weight excluding hydrogens is 404 g/mol. The quantitative estimate of drug-likeness (QED) is 0.652. The first kappa shape index (κ1) is 19.8. The Labute approximate surface area is 174 Å². The molecule has 3 aromatic rings. The lowest BCUT2D eigenvalue weighted by atomic mass is 9.93. The number of nitrogens with one attached hydrogen (secondary N) is 1. The van der Waals surface area contributed by atoms with Crippen LogP contribution in [0.2, 0.25) is 0 Å². The van der Waals surface area contributed by atoms with Crippen molar-refractivity contribution in [3.63, 3.8) is 0 Å². The van der Waals surface area contributed by atoms with Crippen LogP contribution in [-0.2, 0) is 28.4 Å². The van der Waals surface area contributed by atoms with Gasteiger partial charge < -0.3 is 0 Å². The van der Waals surface area contributed by atoms with Gasteiger partial charge in [0.05, 0.1) is 16.3 Å². The Morgan fingerprint density at radius 2 is 1.86 bits per heavy atom. The van der Waals surface area contributed by atoms with Crippen LogP contribution in [0.4, 0.5) is 5.13 Å². The Kier molecular flexibility index (Phi) is 5.52. The molecule has 1 amide bonds. The normalized spacial score (nSPS) is 16.2. The molecule has 1 aliphatic carbocycles. The van der Waals surface area contributed by atoms with Crippen LogP contribution < -0.4 is 5.32 Å². The van der Waals surface area contributed by atoms with Gasteiger partial charge in [0.1, 0.15) is 0 Å². The number of fused-ring (bicyclic) bond motifs is 1. The van der Waals surface area contributed by atoms with E-state index in [1.54, 1.807) is 65.9 Å². The lowest BCUT2D eigenvalue weighted by Crippen LogP contribution is -2.12. The van der Waals surface area contributed by atoms with E-state index in [0.29, 0.717) is 27.1 Å². The second-order valence-electron chi connectivity index (χ2n) is 7.46. The van der Waals surface area contributed by atoms with E-state index in [2.05, 4.69) is 17.2 Å². The van der Waals surface area contributed by atoms with Crippen LogP contribution in [0.5, 0.6) is 0 Å². The van der Waals surface area contributed by atoms with Crippen molar-refractivity contribution in [2.45, 2.75) is 36.8 Å². The third kappa shape index (κ3) is 4.57. The molecule has 150 valence electrons. The number of aromatic nitrogens is 1. The van der Waals surface area contributed by atoms with Crippen LogP contribution in [0.1, 0.15) is 39.8 Å². The van der Waals surface area contributed by atoms with Crippen molar-refractivity contribution >= 4 is 32.2 Å². The number of thiazole rings is 1. The molecule has 0 aliphatic heterocycles. The summed E-state index contributed by atoms with van der Waals surface area (Å²) < 4.78 is 25.0. The van der Waals surface area contributed by atoms with Gasteiger partial charge in [-0.15, -0.1) is 11.3 Å². The van der Waals surface area contributed by atoms with Gasteiger partial charge in [-0.1, -0.05) is 37.3 Å². The predicted molar refractivity (Wildman–Crippen MR) is 115 cm³/mol. The average Bonchev–Trinajstić information content (AvgIpc) is 3.10. The summed E-state index contributed by atoms with van der Waals surface area (Å²) in [4.78, 5) is 18.7. The topological polar surface area (TPSA) is 76.1 Å². The Bertz CT molecular complexity index is 1120. The van der Waals surface area contributed by atoms with Gasteiger partial charge in [-0.05, 0) is 55.0 Å². The molecule has 1 atom stereocenters. The number of hydrogen-bond donors (Lipinski definition) is 1. The Morgan fingerprint density at radius 3 is 2.59 bits per heavy atom. The molecule has 0 saturated carbocycles. The van der Waals surface area contributed by atoms with Crippen molar-refractivity contribution < 1.29 is 13.2 Å². The molecule has 0 spiro atoms. The van der Waals surface area contributed by atoms with E-state index in [-0.39, 0.29) is 11.7 Å². The van der Waals surface area contributed by atoms with Gasteiger partial charge in [-0.25, -0.2) is 13.4 Å². The van der Waals surface area contributed by atoms with Crippen molar-refractivity contribution in [3.05, 3.63) is 76.3 Å². The van der Waals surface area contributed by atoms with Gasteiger partial charge >= 0.3 is 0 Å². The summed E-state index contributed by atoms with van der Waals surface area (Å²) in [5, 5.41) is 3.50. The van der Waals surface area contributed by atoms with Crippen LogP contribution >= 0.6 is 11.3 Å². The number of benzene rings is 2. The molecule has 2 aromatic carbocycles. The van der Waals surface area contributed by atoms with Crippen LogP contribution in [0.3, 0.4) is 0 Å². The zero-order valence-corrected chi connectivity index (χ0v) is 17.7. The molecule has 4 rings (SSSR count). The Balaban J connectivity index is 1.43. The molecule has 1 aliphatic rings. The van der Waals surface area contributed by atoms with E-state index in [9.17, 15) is 13.2 Å². The van der Waals surface area contributed by atoms with Crippen molar-refractivity contribution in [2.75, 3.05) is 5.32 Å². The van der Waals surface area contributed by atoms with Crippen LogP contribution in [0.25, 0.3) is 0 Å². The number of rotatable bonds is 5. The molecule has 29 heavy (non-hydrogen) atoms. The SMILES string of the molecule is CC1CCc2nc(NC(=O)c3ccc(CS(=O)(=O)c4ccccc4)cc3)sc2C1. The summed E-state index contributed by atoms with van der Waals surface area (Å²) in [7, 11) is -3.41. The van der Waals surface area contributed by atoms with E-state index in [1.807, 2.05) is 0 Å². The van der Waals surface area contributed by atoms with Gasteiger partial charge in [0, 0.05) is 10.4 Å². The largest absolute Gasteiger partial charge is 0.298 e. The van der Waals surface area contributed by atoms with Crippen LogP contribution in [-0.4, -0.2) is 19.3 Å². The molecule has 0 saturated heterocycles. The molecular formula is C22H22N2O3S2. The highest BCUT2D eigenvalue weighted by molar-refractivity contribution is 7.90. The number of anilines is 1. The molecule has 0 fully saturated rings. The summed E-state index contributed by atoms with van der Waals surface area (Å²) >= 11 is 1.55. The highest BCUT2D eigenvalue weighted by Gasteiger charge is 2.21. The number of carbonyl (C=O) groups is 1. The summed E-state index contributed by atoms with van der Waals surface area (Å²) in [5.74, 6) is 0.323. The van der Waals surface area contributed by atoms with Crippen molar-refractivity contribution in [3.8, 4) is 0 Å². The summed E-state index contributed by atoms with van der Waals surface area (Å²) in [5.41, 5.74) is 2.22. The van der Waals surface area contributed by atoms with Gasteiger partial charge in [0.25, 0.3) is 5.91 Å². The smallest absolute Gasteiger partial charge is 0.257 e. The minimum absolute atomic E-state index is 0.101. The molecule has 1 unspecified atom stereocenters. The summed E-state index contributed by atoms with van der Waals surface area (Å²) in [6.07, 6.45) is 3.12. The van der Waals surface area contributed by atoms with Crippen LogP contribution in [0.15, 0.2) is 59.5 Å². The lowest BCUT2D eigenvalue weighted by Gasteiger charge is -2.15. The number of carbonyl (C=O) groups excluding carboxylic acids is 1. The van der Waals surface area contributed by atoms with E-state index in [0.717, 1.165) is 25.0 Å². The number of nitrogens with zero attached hydrogens (tertiary/aromatic N) is 1. The Morgan fingerprint density at radius 1 is 1.14 bits per heavy atom. The van der Waals surface area contributed by atoms with E-state index < -0.39 is 9.84 Å². The molecule has 7 heteroatoms. The van der Waals surface area contributed by atoms with Crippen LogP contribution in [0, 0.1) is 5.92 Å². The van der Waals surface area contributed by atoms with E-state index in [4.69, 9.17) is 0 Å². The maximum absolute atomic E-state index is 12.5. The Hall–Kier alpha value is -2.51. The second-order valence-corrected chi connectivity index (χ2v) is 10.5. The second kappa shape index (κ2) is 8.08. The number of sulfone groups is 1. The molecule has 0 bridgehead atoms. The van der Waals surface area contributed by atoms with Crippen molar-refractivity contribution in [1.29, 1.82) is 0 Å². The average molecular weight is 427 g/mol. The number of amides is 1. The number of hydrogen-bond acceptors (Lipinski definition) is 5. The van der Waals surface area contributed by atoms with Crippen molar-refractivity contribution in [1.82, 2.24) is 4.98 Å². The van der Waals surface area contributed by atoms with Gasteiger partial charge in [0.2, 0.25) is 0 Å². The standard InChI is InChI=1S/C22H22N2O3S2/c1-15-7-12-19-20(13-15)28-22(23-19)24-21(25)17-10-8-16(9-11-17)14-29(26,27)18-5-3-2-4-6-18/h2-6,8-11,15H,7,12-14H2,1H3,(H,23,24,25). The molecule has 5 nitrogen and oxygen atoms in total. The first-order valence-electron chi connectivity index (χ1n) is 9.57.